The first-order valence-corrected chi connectivity index (χ1v) is 9.90. The Labute approximate surface area is 155 Å². The van der Waals surface area contributed by atoms with Gasteiger partial charge in [-0.3, -0.25) is 9.89 Å². The van der Waals surface area contributed by atoms with Crippen molar-refractivity contribution in [2.24, 2.45) is 4.99 Å². The minimum Gasteiger partial charge on any atom is -0.352 e. The van der Waals surface area contributed by atoms with Gasteiger partial charge in [0.1, 0.15) is 0 Å². The lowest BCUT2D eigenvalue weighted by Gasteiger charge is -2.15. The van der Waals surface area contributed by atoms with Gasteiger partial charge in [0.05, 0.1) is 6.54 Å². The molecule has 0 saturated carbocycles. The summed E-state index contributed by atoms with van der Waals surface area (Å²) in [6.07, 6.45) is 2.69. The van der Waals surface area contributed by atoms with E-state index < -0.39 is 0 Å². The van der Waals surface area contributed by atoms with Crippen molar-refractivity contribution in [1.29, 1.82) is 0 Å². The van der Waals surface area contributed by atoms with Crippen molar-refractivity contribution < 1.29 is 0 Å². The molecule has 0 amide bonds. The van der Waals surface area contributed by atoms with Crippen LogP contribution in [0.2, 0.25) is 0 Å². The molecule has 2 heterocycles. The number of benzene rings is 1. The van der Waals surface area contributed by atoms with Gasteiger partial charge in [-0.25, -0.2) is 0 Å². The molecule has 2 aromatic rings. The first kappa shape index (κ1) is 18.0. The second-order valence-corrected chi connectivity index (χ2v) is 7.61. The molecule has 0 bridgehead atoms. The van der Waals surface area contributed by atoms with Crippen molar-refractivity contribution in [3.8, 4) is 0 Å². The van der Waals surface area contributed by atoms with E-state index in [1.54, 1.807) is 11.3 Å². The Morgan fingerprint density at radius 3 is 2.36 bits per heavy atom. The number of likely N-dealkylation sites (tertiary alicyclic amines) is 1. The van der Waals surface area contributed by atoms with E-state index in [2.05, 4.69) is 63.2 Å². The number of hydrogen-bond acceptors (Lipinski definition) is 3. The number of hydrogen-bond donors (Lipinski definition) is 2. The summed E-state index contributed by atoms with van der Waals surface area (Å²) >= 11 is 1.78. The molecule has 0 unspecified atom stereocenters. The molecule has 1 aromatic carbocycles. The van der Waals surface area contributed by atoms with E-state index in [1.165, 1.54) is 47.5 Å². The molecule has 5 heteroatoms. The van der Waals surface area contributed by atoms with Gasteiger partial charge in [0.15, 0.2) is 5.96 Å². The maximum atomic E-state index is 4.31. The Hall–Kier alpha value is -1.85. The zero-order chi connectivity index (χ0) is 17.5. The highest BCUT2D eigenvalue weighted by molar-refractivity contribution is 7.10. The van der Waals surface area contributed by atoms with Crippen LogP contribution in [-0.2, 0) is 19.6 Å². The fourth-order valence-electron chi connectivity index (χ4n) is 3.12. The van der Waals surface area contributed by atoms with E-state index >= 15 is 0 Å². The summed E-state index contributed by atoms with van der Waals surface area (Å²) in [6, 6.07) is 11.1. The molecule has 0 atom stereocenters. The van der Waals surface area contributed by atoms with Gasteiger partial charge in [-0.05, 0) is 61.0 Å². The van der Waals surface area contributed by atoms with Crippen molar-refractivity contribution >= 4 is 17.3 Å². The van der Waals surface area contributed by atoms with Gasteiger partial charge in [-0.2, -0.15) is 0 Å². The number of guanidine groups is 1. The van der Waals surface area contributed by atoms with Crippen molar-refractivity contribution in [3.05, 3.63) is 57.3 Å². The maximum absolute atomic E-state index is 4.31. The molecule has 0 aliphatic carbocycles. The summed E-state index contributed by atoms with van der Waals surface area (Å²) < 4.78 is 0. The van der Waals surface area contributed by atoms with Crippen LogP contribution in [0, 0.1) is 6.92 Å². The number of aliphatic imine (C=N–C) groups is 1. The third-order valence-electron chi connectivity index (χ3n) is 4.70. The van der Waals surface area contributed by atoms with E-state index in [9.17, 15) is 0 Å². The Bertz CT molecular complexity index is 684. The van der Waals surface area contributed by atoms with Crippen LogP contribution in [0.25, 0.3) is 0 Å². The largest absolute Gasteiger partial charge is 0.352 e. The van der Waals surface area contributed by atoms with Crippen LogP contribution in [-0.4, -0.2) is 31.0 Å². The molecule has 134 valence electrons. The minimum atomic E-state index is 0.785. The van der Waals surface area contributed by atoms with Crippen LogP contribution >= 0.6 is 11.3 Å². The molecular weight excluding hydrogens is 328 g/mol. The number of rotatable bonds is 6. The normalized spacial score (nSPS) is 15.5. The fourth-order valence-corrected chi connectivity index (χ4v) is 3.96. The molecule has 2 N–H and O–H groups in total. The molecule has 0 spiro atoms. The summed E-state index contributed by atoms with van der Waals surface area (Å²) in [7, 11) is 1.82. The van der Waals surface area contributed by atoms with Crippen LogP contribution in [0.1, 0.15) is 34.4 Å². The van der Waals surface area contributed by atoms with Crippen LogP contribution in [0.15, 0.2) is 40.7 Å². The van der Waals surface area contributed by atoms with Gasteiger partial charge in [0, 0.05) is 25.0 Å². The minimum absolute atomic E-state index is 0.785. The van der Waals surface area contributed by atoms with Gasteiger partial charge in [0.25, 0.3) is 0 Å². The van der Waals surface area contributed by atoms with Gasteiger partial charge in [-0.1, -0.05) is 24.3 Å². The third-order valence-corrected chi connectivity index (χ3v) is 5.72. The number of thiophene rings is 1. The van der Waals surface area contributed by atoms with E-state index in [-0.39, 0.29) is 0 Å². The van der Waals surface area contributed by atoms with Gasteiger partial charge >= 0.3 is 0 Å². The molecule has 1 aliphatic heterocycles. The molecule has 1 aromatic heterocycles. The van der Waals surface area contributed by atoms with Crippen molar-refractivity contribution in [2.75, 3.05) is 20.1 Å². The van der Waals surface area contributed by atoms with Crippen LogP contribution in [0.4, 0.5) is 0 Å². The van der Waals surface area contributed by atoms with Gasteiger partial charge in [-0.15, -0.1) is 11.3 Å². The number of nitrogens with zero attached hydrogens (tertiary/aromatic N) is 2. The Morgan fingerprint density at radius 1 is 1.04 bits per heavy atom. The molecule has 0 radical (unpaired) electrons. The zero-order valence-electron chi connectivity index (χ0n) is 15.2. The lowest BCUT2D eigenvalue weighted by atomic mass is 10.1. The average Bonchev–Trinajstić information content (AvgIpc) is 3.28. The van der Waals surface area contributed by atoms with Gasteiger partial charge in [0.2, 0.25) is 0 Å². The summed E-state index contributed by atoms with van der Waals surface area (Å²) in [6.45, 7) is 7.32. The first-order chi connectivity index (χ1) is 12.2. The molecule has 4 nitrogen and oxygen atoms in total. The Balaban J connectivity index is 1.45. The summed E-state index contributed by atoms with van der Waals surface area (Å²) in [5, 5.41) is 8.91. The Kier molecular flexibility index (Phi) is 6.48. The smallest absolute Gasteiger partial charge is 0.191 e. The highest BCUT2D eigenvalue weighted by Crippen LogP contribution is 2.15. The molecule has 3 rings (SSSR count). The zero-order valence-corrected chi connectivity index (χ0v) is 16.0. The third kappa shape index (κ3) is 5.31. The summed E-state index contributed by atoms with van der Waals surface area (Å²) in [5.74, 6) is 0.842. The van der Waals surface area contributed by atoms with Crippen LogP contribution in [0.3, 0.4) is 0 Å². The van der Waals surface area contributed by atoms with E-state index in [1.807, 2.05) is 7.05 Å². The second-order valence-electron chi connectivity index (χ2n) is 6.61. The standard InChI is InChI=1S/C20H28N4S/c1-16-9-12-25-19(16)14-23-20(21-2)22-13-17-5-7-18(8-6-17)15-24-10-3-4-11-24/h5-9,12H,3-4,10-11,13-15H2,1-2H3,(H2,21,22,23). The summed E-state index contributed by atoms with van der Waals surface area (Å²) in [5.41, 5.74) is 4.02. The van der Waals surface area contributed by atoms with E-state index in [4.69, 9.17) is 0 Å². The average molecular weight is 357 g/mol. The molecule has 1 fully saturated rings. The molecule has 1 aliphatic rings. The topological polar surface area (TPSA) is 39.7 Å². The summed E-state index contributed by atoms with van der Waals surface area (Å²) in [4.78, 5) is 8.20. The number of nitrogens with one attached hydrogen (secondary N) is 2. The SMILES string of the molecule is CN=C(NCc1ccc(CN2CCCC2)cc1)NCc1sccc1C. The predicted octanol–water partition coefficient (Wildman–Crippen LogP) is 3.52. The predicted molar refractivity (Wildman–Crippen MR) is 107 cm³/mol. The maximum Gasteiger partial charge on any atom is 0.191 e. The lowest BCUT2D eigenvalue weighted by molar-refractivity contribution is 0.331. The van der Waals surface area contributed by atoms with Crippen LogP contribution < -0.4 is 10.6 Å². The quantitative estimate of drug-likeness (QED) is 0.614. The Morgan fingerprint density at radius 2 is 1.72 bits per heavy atom. The van der Waals surface area contributed by atoms with Crippen molar-refractivity contribution in [3.63, 3.8) is 0 Å². The van der Waals surface area contributed by atoms with E-state index in [0.717, 1.165) is 25.6 Å². The first-order valence-electron chi connectivity index (χ1n) is 9.02. The van der Waals surface area contributed by atoms with Gasteiger partial charge < -0.3 is 10.6 Å². The highest BCUT2D eigenvalue weighted by atomic mass is 32.1. The van der Waals surface area contributed by atoms with Crippen LogP contribution in [0.5, 0.6) is 0 Å². The lowest BCUT2D eigenvalue weighted by Crippen LogP contribution is -2.36. The monoisotopic (exact) mass is 356 g/mol. The van der Waals surface area contributed by atoms with Crippen molar-refractivity contribution in [1.82, 2.24) is 15.5 Å². The fraction of sp³-hybridized carbons (Fsp3) is 0.450. The molecular formula is C20H28N4S. The second kappa shape index (κ2) is 9.02. The highest BCUT2D eigenvalue weighted by Gasteiger charge is 2.11. The van der Waals surface area contributed by atoms with Crippen molar-refractivity contribution in [2.45, 2.75) is 39.4 Å². The number of aryl methyl sites for hydroxylation is 1. The molecule has 25 heavy (non-hydrogen) atoms. The van der Waals surface area contributed by atoms with E-state index in [0.29, 0.717) is 0 Å². The molecule has 1 saturated heterocycles.